The van der Waals surface area contributed by atoms with Crippen LogP contribution in [0.25, 0.3) is 0 Å². The molecule has 0 heterocycles. The third kappa shape index (κ3) is 2.12. The first kappa shape index (κ1) is 10.7. The zero-order valence-corrected chi connectivity index (χ0v) is 8.12. The summed E-state index contributed by atoms with van der Waals surface area (Å²) in [6.07, 6.45) is 0. The fourth-order valence-electron chi connectivity index (χ4n) is 0.827. The highest BCUT2D eigenvalue weighted by atomic mass is 35.7. The summed E-state index contributed by atoms with van der Waals surface area (Å²) in [6.45, 7) is 0. The van der Waals surface area contributed by atoms with Crippen LogP contribution in [0.5, 0.6) is 0 Å². The van der Waals surface area contributed by atoms with Crippen LogP contribution in [0, 0.1) is 20.2 Å². The van der Waals surface area contributed by atoms with E-state index < -0.39 is 9.85 Å². The summed E-state index contributed by atoms with van der Waals surface area (Å²) < 4.78 is 0. The standard InChI is InChI=1S/C6H3ClN2O4S/c7-14-6-2-1-4(8(10)11)3-5(6)9(12)13/h1-3H. The Morgan fingerprint density at radius 1 is 1.21 bits per heavy atom. The number of benzene rings is 1. The Labute approximate surface area is 86.7 Å². The number of halogens is 1. The van der Waals surface area contributed by atoms with Crippen LogP contribution in [0.1, 0.15) is 0 Å². The van der Waals surface area contributed by atoms with Gasteiger partial charge in [0.2, 0.25) is 0 Å². The first-order valence-electron chi connectivity index (χ1n) is 3.27. The van der Waals surface area contributed by atoms with Gasteiger partial charge in [0, 0.05) is 6.07 Å². The minimum atomic E-state index is -0.711. The molecule has 74 valence electrons. The van der Waals surface area contributed by atoms with Gasteiger partial charge in [-0.05, 0) is 27.7 Å². The molecular formula is C6H3ClN2O4S. The normalized spacial score (nSPS) is 9.79. The molecule has 0 aromatic heterocycles. The summed E-state index contributed by atoms with van der Waals surface area (Å²) in [4.78, 5) is 19.6. The number of hydrogen-bond acceptors (Lipinski definition) is 5. The van der Waals surface area contributed by atoms with Gasteiger partial charge in [-0.25, -0.2) is 0 Å². The molecule has 0 spiro atoms. The van der Waals surface area contributed by atoms with Crippen LogP contribution in [0.15, 0.2) is 23.1 Å². The zero-order chi connectivity index (χ0) is 10.7. The van der Waals surface area contributed by atoms with Crippen molar-refractivity contribution < 1.29 is 9.85 Å². The average Bonchev–Trinajstić information content (AvgIpc) is 2.16. The van der Waals surface area contributed by atoms with E-state index in [1.807, 2.05) is 0 Å². The second-order valence-corrected chi connectivity index (χ2v) is 3.30. The van der Waals surface area contributed by atoms with Crippen LogP contribution in [0.3, 0.4) is 0 Å². The Morgan fingerprint density at radius 2 is 1.86 bits per heavy atom. The van der Waals surface area contributed by atoms with Crippen LogP contribution in [-0.2, 0) is 0 Å². The Morgan fingerprint density at radius 3 is 2.29 bits per heavy atom. The lowest BCUT2D eigenvalue weighted by atomic mass is 10.3. The van der Waals surface area contributed by atoms with E-state index in [4.69, 9.17) is 10.7 Å². The molecule has 0 amide bonds. The highest BCUT2D eigenvalue weighted by Crippen LogP contribution is 2.34. The van der Waals surface area contributed by atoms with Crippen LogP contribution in [0.4, 0.5) is 11.4 Å². The van der Waals surface area contributed by atoms with Crippen molar-refractivity contribution in [1.82, 2.24) is 0 Å². The third-order valence-corrected chi connectivity index (χ3v) is 2.44. The monoisotopic (exact) mass is 234 g/mol. The molecule has 6 nitrogen and oxygen atoms in total. The molecular weight excluding hydrogens is 232 g/mol. The summed E-state index contributed by atoms with van der Waals surface area (Å²) in [7, 11) is 6.00. The lowest BCUT2D eigenvalue weighted by Crippen LogP contribution is -1.93. The molecule has 0 unspecified atom stereocenters. The molecule has 0 atom stereocenters. The van der Waals surface area contributed by atoms with Gasteiger partial charge in [0.15, 0.2) is 0 Å². The van der Waals surface area contributed by atoms with Crippen molar-refractivity contribution >= 4 is 33.0 Å². The summed E-state index contributed by atoms with van der Waals surface area (Å²) in [5.74, 6) is 0. The molecule has 0 aliphatic rings. The number of nitro groups is 2. The van der Waals surface area contributed by atoms with E-state index in [1.165, 1.54) is 6.07 Å². The Hall–Kier alpha value is -1.34. The van der Waals surface area contributed by atoms with E-state index >= 15 is 0 Å². The predicted octanol–water partition coefficient (Wildman–Crippen LogP) is 2.75. The van der Waals surface area contributed by atoms with Crippen LogP contribution < -0.4 is 0 Å². The first-order valence-corrected chi connectivity index (χ1v) is 4.92. The van der Waals surface area contributed by atoms with E-state index in [2.05, 4.69) is 0 Å². The maximum Gasteiger partial charge on any atom is 0.290 e. The van der Waals surface area contributed by atoms with Crippen molar-refractivity contribution in [2.45, 2.75) is 4.90 Å². The topological polar surface area (TPSA) is 86.3 Å². The van der Waals surface area contributed by atoms with E-state index in [0.717, 1.165) is 12.1 Å². The van der Waals surface area contributed by atoms with Crippen LogP contribution in [-0.4, -0.2) is 9.85 Å². The lowest BCUT2D eigenvalue weighted by molar-refractivity contribution is -0.396. The largest absolute Gasteiger partial charge is 0.290 e. The molecule has 0 bridgehead atoms. The number of rotatable bonds is 3. The molecule has 0 fully saturated rings. The van der Waals surface area contributed by atoms with Gasteiger partial charge in [-0.15, -0.1) is 0 Å². The summed E-state index contributed by atoms with van der Waals surface area (Å²) in [5, 5.41) is 20.8. The maximum absolute atomic E-state index is 10.5. The maximum atomic E-state index is 10.5. The van der Waals surface area contributed by atoms with Crippen molar-refractivity contribution in [1.29, 1.82) is 0 Å². The molecule has 1 aromatic rings. The predicted molar refractivity (Wildman–Crippen MR) is 51.5 cm³/mol. The quantitative estimate of drug-likeness (QED) is 0.593. The average molecular weight is 235 g/mol. The minimum Gasteiger partial charge on any atom is -0.258 e. The second-order valence-electron chi connectivity index (χ2n) is 2.24. The number of hydrogen-bond donors (Lipinski definition) is 0. The van der Waals surface area contributed by atoms with E-state index in [0.29, 0.717) is 11.0 Å². The van der Waals surface area contributed by atoms with Crippen molar-refractivity contribution in [2.24, 2.45) is 0 Å². The highest BCUT2D eigenvalue weighted by Gasteiger charge is 2.18. The zero-order valence-electron chi connectivity index (χ0n) is 6.55. The van der Waals surface area contributed by atoms with Crippen LogP contribution in [0.2, 0.25) is 0 Å². The lowest BCUT2D eigenvalue weighted by Gasteiger charge is -1.96. The van der Waals surface area contributed by atoms with Gasteiger partial charge < -0.3 is 0 Å². The third-order valence-electron chi connectivity index (χ3n) is 1.43. The van der Waals surface area contributed by atoms with E-state index in [9.17, 15) is 20.2 Å². The molecule has 8 heteroatoms. The van der Waals surface area contributed by atoms with Gasteiger partial charge in [-0.1, -0.05) is 0 Å². The minimum absolute atomic E-state index is 0.183. The Bertz CT molecular complexity index is 397. The molecule has 14 heavy (non-hydrogen) atoms. The molecule has 0 radical (unpaired) electrons. The van der Waals surface area contributed by atoms with Crippen molar-refractivity contribution in [3.8, 4) is 0 Å². The number of nitrogens with zero attached hydrogens (tertiary/aromatic N) is 2. The molecule has 0 aliphatic carbocycles. The van der Waals surface area contributed by atoms with Gasteiger partial charge in [-0.3, -0.25) is 20.2 Å². The van der Waals surface area contributed by atoms with E-state index in [1.54, 1.807) is 0 Å². The molecule has 0 saturated heterocycles. The summed E-state index contributed by atoms with van der Waals surface area (Å²) in [5.41, 5.74) is -0.689. The van der Waals surface area contributed by atoms with Gasteiger partial charge in [0.1, 0.15) is 4.90 Å². The summed E-state index contributed by atoms with van der Waals surface area (Å²) in [6, 6.07) is 3.29. The van der Waals surface area contributed by atoms with Gasteiger partial charge in [-0.2, -0.15) is 0 Å². The molecule has 0 N–H and O–H groups in total. The van der Waals surface area contributed by atoms with Crippen molar-refractivity contribution in [3.63, 3.8) is 0 Å². The van der Waals surface area contributed by atoms with Crippen molar-refractivity contribution in [2.75, 3.05) is 0 Å². The molecule has 0 saturated carbocycles. The SMILES string of the molecule is O=[N+]([O-])c1ccc(SCl)c([N+](=O)[O-])c1. The first-order chi connectivity index (χ1) is 6.56. The van der Waals surface area contributed by atoms with Gasteiger partial charge in [0.25, 0.3) is 11.4 Å². The smallest absolute Gasteiger partial charge is 0.258 e. The Balaban J connectivity index is 3.27. The Kier molecular flexibility index (Phi) is 3.26. The number of non-ortho nitro benzene ring substituents is 1. The summed E-state index contributed by atoms with van der Waals surface area (Å²) >= 11 is 0. The van der Waals surface area contributed by atoms with Crippen molar-refractivity contribution in [3.05, 3.63) is 38.4 Å². The van der Waals surface area contributed by atoms with Gasteiger partial charge >= 0.3 is 0 Å². The second kappa shape index (κ2) is 4.25. The number of nitro benzene ring substituents is 2. The highest BCUT2D eigenvalue weighted by molar-refractivity contribution is 8.21. The molecule has 1 rings (SSSR count). The van der Waals surface area contributed by atoms with E-state index in [-0.39, 0.29) is 16.3 Å². The fourth-order valence-corrected chi connectivity index (χ4v) is 1.55. The van der Waals surface area contributed by atoms with Gasteiger partial charge in [0.05, 0.1) is 15.9 Å². The molecule has 1 aromatic carbocycles. The fraction of sp³-hybridized carbons (Fsp3) is 0. The molecule has 0 aliphatic heterocycles. The van der Waals surface area contributed by atoms with Crippen LogP contribution >= 0.6 is 21.7 Å².